The Morgan fingerprint density at radius 2 is 1.79 bits per heavy atom. The number of methoxy groups -OCH3 is 2. The fraction of sp³-hybridized carbons (Fsp3) is 0.353. The minimum Gasteiger partial charge on any atom is -0.493 e. The zero-order valence-corrected chi connectivity index (χ0v) is 15.1. The van der Waals surface area contributed by atoms with E-state index >= 15 is 0 Å². The Hall–Kier alpha value is -2.12. The normalized spacial score (nSPS) is 11.5. The molecule has 0 aliphatic heterocycles. The van der Waals surface area contributed by atoms with Crippen molar-refractivity contribution in [3.63, 3.8) is 0 Å². The molecule has 1 aromatic heterocycles. The first-order chi connectivity index (χ1) is 11.4. The second kappa shape index (κ2) is 7.63. The summed E-state index contributed by atoms with van der Waals surface area (Å²) in [5, 5.41) is 0. The molecule has 0 N–H and O–H groups in total. The fourth-order valence-electron chi connectivity index (χ4n) is 2.35. The van der Waals surface area contributed by atoms with Crippen LogP contribution < -0.4 is 9.47 Å². The van der Waals surface area contributed by atoms with E-state index in [1.807, 2.05) is 18.2 Å². The van der Waals surface area contributed by atoms with Gasteiger partial charge < -0.3 is 9.47 Å². The number of rotatable bonds is 7. The molecule has 2 rings (SSSR count). The van der Waals surface area contributed by atoms with Gasteiger partial charge in [0.1, 0.15) is 0 Å². The summed E-state index contributed by atoms with van der Waals surface area (Å²) in [5.41, 5.74) is 1.46. The number of aryl methyl sites for hydroxylation is 1. The Labute approximate surface area is 143 Å². The van der Waals surface area contributed by atoms with Crippen LogP contribution in [-0.2, 0) is 16.4 Å². The van der Waals surface area contributed by atoms with E-state index in [1.165, 1.54) is 24.6 Å². The van der Waals surface area contributed by atoms with Crippen molar-refractivity contribution in [1.29, 1.82) is 0 Å². The predicted molar refractivity (Wildman–Crippen MR) is 92.0 cm³/mol. The summed E-state index contributed by atoms with van der Waals surface area (Å²) in [6.07, 6.45) is 2.24. The van der Waals surface area contributed by atoms with Crippen molar-refractivity contribution in [1.82, 2.24) is 9.29 Å². The predicted octanol–water partition coefficient (Wildman–Crippen LogP) is 2.27. The van der Waals surface area contributed by atoms with E-state index in [2.05, 4.69) is 4.98 Å². The zero-order valence-electron chi connectivity index (χ0n) is 14.3. The van der Waals surface area contributed by atoms with Gasteiger partial charge in [0.05, 0.1) is 19.1 Å². The molecule has 0 aliphatic rings. The van der Waals surface area contributed by atoms with Crippen LogP contribution in [0.2, 0.25) is 0 Å². The van der Waals surface area contributed by atoms with Gasteiger partial charge in [0.15, 0.2) is 11.5 Å². The number of nitrogens with zero attached hydrogens (tertiary/aromatic N) is 2. The standard InChI is InChI=1S/C17H22N2O4S/c1-13-11-15(22-3)16(23-4)12-17(13)24(20,21)19(2)10-8-14-7-5-6-9-18-14/h5-7,9,11-12H,8,10H2,1-4H3. The topological polar surface area (TPSA) is 68.7 Å². The number of aromatic nitrogens is 1. The molecule has 0 spiro atoms. The summed E-state index contributed by atoms with van der Waals surface area (Å²) < 4.78 is 37.5. The molecule has 1 aromatic carbocycles. The molecule has 0 amide bonds. The summed E-state index contributed by atoms with van der Waals surface area (Å²) in [6, 6.07) is 8.76. The van der Waals surface area contributed by atoms with Gasteiger partial charge in [-0.1, -0.05) is 6.07 Å². The smallest absolute Gasteiger partial charge is 0.243 e. The number of benzene rings is 1. The summed E-state index contributed by atoms with van der Waals surface area (Å²) in [7, 11) is 0.935. The van der Waals surface area contributed by atoms with Crippen LogP contribution in [0.3, 0.4) is 0 Å². The highest BCUT2D eigenvalue weighted by Crippen LogP contribution is 2.33. The summed E-state index contributed by atoms with van der Waals surface area (Å²) in [6.45, 7) is 2.08. The lowest BCUT2D eigenvalue weighted by Gasteiger charge is -2.19. The van der Waals surface area contributed by atoms with Crippen LogP contribution in [0.15, 0.2) is 41.4 Å². The Morgan fingerprint density at radius 3 is 2.38 bits per heavy atom. The lowest BCUT2D eigenvalue weighted by molar-refractivity contribution is 0.353. The van der Waals surface area contributed by atoms with Crippen molar-refractivity contribution in [2.45, 2.75) is 18.2 Å². The first-order valence-corrected chi connectivity index (χ1v) is 8.93. The molecule has 6 nitrogen and oxygen atoms in total. The van der Waals surface area contributed by atoms with E-state index in [0.717, 1.165) is 5.69 Å². The maximum absolute atomic E-state index is 12.9. The molecule has 0 atom stereocenters. The van der Waals surface area contributed by atoms with Gasteiger partial charge in [0.25, 0.3) is 0 Å². The van der Waals surface area contributed by atoms with Gasteiger partial charge in [-0.25, -0.2) is 12.7 Å². The molecule has 2 aromatic rings. The highest BCUT2D eigenvalue weighted by atomic mass is 32.2. The second-order valence-electron chi connectivity index (χ2n) is 5.37. The average Bonchev–Trinajstić information content (AvgIpc) is 2.59. The minimum atomic E-state index is -3.63. The first-order valence-electron chi connectivity index (χ1n) is 7.49. The summed E-state index contributed by atoms with van der Waals surface area (Å²) in [4.78, 5) is 4.43. The molecule has 0 saturated carbocycles. The van der Waals surface area contributed by atoms with Crippen LogP contribution in [0.25, 0.3) is 0 Å². The van der Waals surface area contributed by atoms with Crippen molar-refractivity contribution >= 4 is 10.0 Å². The molecular formula is C17H22N2O4S. The number of hydrogen-bond donors (Lipinski definition) is 0. The van der Waals surface area contributed by atoms with E-state index in [-0.39, 0.29) is 4.90 Å². The van der Waals surface area contributed by atoms with Crippen molar-refractivity contribution in [3.05, 3.63) is 47.8 Å². The van der Waals surface area contributed by atoms with E-state index in [1.54, 1.807) is 26.2 Å². The maximum Gasteiger partial charge on any atom is 0.243 e. The van der Waals surface area contributed by atoms with Crippen LogP contribution in [-0.4, -0.2) is 45.5 Å². The Balaban J connectivity index is 2.25. The number of hydrogen-bond acceptors (Lipinski definition) is 5. The molecule has 0 bridgehead atoms. The number of likely N-dealkylation sites (N-methyl/N-ethyl adjacent to an activating group) is 1. The number of sulfonamides is 1. The molecule has 0 aliphatic carbocycles. The van der Waals surface area contributed by atoms with Gasteiger partial charge in [-0.15, -0.1) is 0 Å². The third kappa shape index (κ3) is 3.85. The third-order valence-electron chi connectivity index (χ3n) is 3.78. The van der Waals surface area contributed by atoms with Crippen molar-refractivity contribution in [2.75, 3.05) is 27.8 Å². The van der Waals surface area contributed by atoms with Gasteiger partial charge in [0.2, 0.25) is 10.0 Å². The average molecular weight is 350 g/mol. The van der Waals surface area contributed by atoms with Crippen molar-refractivity contribution < 1.29 is 17.9 Å². The summed E-state index contributed by atoms with van der Waals surface area (Å²) in [5.74, 6) is 0.893. The highest BCUT2D eigenvalue weighted by Gasteiger charge is 2.24. The SMILES string of the molecule is COc1cc(C)c(S(=O)(=O)N(C)CCc2ccccn2)cc1OC. The Bertz CT molecular complexity index is 792. The highest BCUT2D eigenvalue weighted by molar-refractivity contribution is 7.89. The second-order valence-corrected chi connectivity index (χ2v) is 7.38. The van der Waals surface area contributed by atoms with Gasteiger partial charge in [-0.3, -0.25) is 4.98 Å². The van der Waals surface area contributed by atoms with Crippen LogP contribution >= 0.6 is 0 Å². The van der Waals surface area contributed by atoms with Crippen LogP contribution in [0.1, 0.15) is 11.3 Å². The van der Waals surface area contributed by atoms with Crippen LogP contribution in [0.5, 0.6) is 11.5 Å². The molecule has 130 valence electrons. The molecule has 1 heterocycles. The van der Waals surface area contributed by atoms with Gasteiger partial charge in [0, 0.05) is 38.0 Å². The molecule has 0 fully saturated rings. The zero-order chi connectivity index (χ0) is 17.7. The summed E-state index contributed by atoms with van der Waals surface area (Å²) >= 11 is 0. The molecular weight excluding hydrogens is 328 g/mol. The first kappa shape index (κ1) is 18.2. The molecule has 0 saturated heterocycles. The Kier molecular flexibility index (Phi) is 5.80. The van der Waals surface area contributed by atoms with E-state index in [0.29, 0.717) is 30.0 Å². The van der Waals surface area contributed by atoms with Crippen LogP contribution in [0, 0.1) is 6.92 Å². The molecule has 0 unspecified atom stereocenters. The van der Waals surface area contributed by atoms with Gasteiger partial charge >= 0.3 is 0 Å². The van der Waals surface area contributed by atoms with Gasteiger partial charge in [-0.2, -0.15) is 0 Å². The molecule has 7 heteroatoms. The number of ether oxygens (including phenoxy) is 2. The largest absolute Gasteiger partial charge is 0.493 e. The quantitative estimate of drug-likeness (QED) is 0.766. The van der Waals surface area contributed by atoms with Gasteiger partial charge in [-0.05, 0) is 30.7 Å². The van der Waals surface area contributed by atoms with Crippen molar-refractivity contribution in [3.8, 4) is 11.5 Å². The van der Waals surface area contributed by atoms with Crippen molar-refractivity contribution in [2.24, 2.45) is 0 Å². The van der Waals surface area contributed by atoms with E-state index < -0.39 is 10.0 Å². The molecule has 0 radical (unpaired) electrons. The van der Waals surface area contributed by atoms with E-state index in [4.69, 9.17) is 9.47 Å². The Morgan fingerprint density at radius 1 is 1.12 bits per heavy atom. The number of pyridine rings is 1. The monoisotopic (exact) mass is 350 g/mol. The van der Waals surface area contributed by atoms with Crippen LogP contribution in [0.4, 0.5) is 0 Å². The lowest BCUT2D eigenvalue weighted by Crippen LogP contribution is -2.29. The fourth-order valence-corrected chi connectivity index (χ4v) is 3.74. The third-order valence-corrected chi connectivity index (χ3v) is 5.78. The minimum absolute atomic E-state index is 0.212. The van der Waals surface area contributed by atoms with E-state index in [9.17, 15) is 8.42 Å². The lowest BCUT2D eigenvalue weighted by atomic mass is 10.2. The maximum atomic E-state index is 12.9. The molecule has 24 heavy (non-hydrogen) atoms.